The highest BCUT2D eigenvalue weighted by Crippen LogP contribution is 2.13. The van der Waals surface area contributed by atoms with Crippen molar-refractivity contribution in [1.29, 1.82) is 0 Å². The maximum atomic E-state index is 11.5. The molecular formula is C10H15N3O4S. The van der Waals surface area contributed by atoms with Crippen molar-refractivity contribution in [1.82, 2.24) is 14.8 Å². The van der Waals surface area contributed by atoms with Crippen LogP contribution in [-0.2, 0) is 20.9 Å². The summed E-state index contributed by atoms with van der Waals surface area (Å²) in [6.45, 7) is 4.22. The fourth-order valence-electron chi connectivity index (χ4n) is 1.26. The van der Waals surface area contributed by atoms with Crippen molar-refractivity contribution in [2.75, 3.05) is 12.4 Å². The van der Waals surface area contributed by atoms with E-state index in [9.17, 15) is 14.4 Å². The summed E-state index contributed by atoms with van der Waals surface area (Å²) in [4.78, 5) is 33.8. The highest BCUT2D eigenvalue weighted by molar-refractivity contribution is 7.99. The van der Waals surface area contributed by atoms with Crippen molar-refractivity contribution in [2.45, 2.75) is 32.0 Å². The normalized spacial score (nSPS) is 10.3. The lowest BCUT2D eigenvalue weighted by Crippen LogP contribution is -2.17. The van der Waals surface area contributed by atoms with Crippen molar-refractivity contribution in [3.8, 4) is 0 Å². The molecule has 0 unspecified atom stereocenters. The average Bonchev–Trinajstić information content (AvgIpc) is 2.67. The Hall–Kier alpha value is -1.57. The number of aromatic nitrogens is 3. The fraction of sp³-hybridized carbons (Fsp3) is 0.600. The molecule has 0 amide bonds. The molecule has 0 aromatic carbocycles. The summed E-state index contributed by atoms with van der Waals surface area (Å²) < 4.78 is 6.09. The fourth-order valence-corrected chi connectivity index (χ4v) is 2.13. The Kier molecular flexibility index (Phi) is 5.63. The van der Waals surface area contributed by atoms with Crippen LogP contribution in [0.25, 0.3) is 0 Å². The smallest absolute Gasteiger partial charge is 0.343 e. The van der Waals surface area contributed by atoms with E-state index in [1.165, 1.54) is 4.57 Å². The number of H-pyrrole nitrogens is 1. The third-order valence-corrected chi connectivity index (χ3v) is 3.08. The number of nitrogens with zero attached hydrogens (tertiary/aromatic N) is 2. The Balaban J connectivity index is 2.47. The summed E-state index contributed by atoms with van der Waals surface area (Å²) in [5, 5.41) is 6.54. The van der Waals surface area contributed by atoms with Gasteiger partial charge in [-0.15, -0.1) is 5.10 Å². The highest BCUT2D eigenvalue weighted by atomic mass is 32.2. The second-order valence-corrected chi connectivity index (χ2v) is 4.31. The lowest BCUT2D eigenvalue weighted by Gasteiger charge is -2.02. The van der Waals surface area contributed by atoms with Crippen molar-refractivity contribution < 1.29 is 14.3 Å². The van der Waals surface area contributed by atoms with Crippen LogP contribution in [0.15, 0.2) is 9.95 Å². The number of hydrogen-bond acceptors (Lipinski definition) is 6. The minimum absolute atomic E-state index is 0.0864. The second kappa shape index (κ2) is 7.00. The number of ketones is 1. The molecule has 0 spiro atoms. The highest BCUT2D eigenvalue weighted by Gasteiger charge is 2.13. The molecule has 0 saturated carbocycles. The van der Waals surface area contributed by atoms with Gasteiger partial charge in [0.25, 0.3) is 0 Å². The number of carbonyl (C=O) groups is 2. The zero-order chi connectivity index (χ0) is 13.5. The molecule has 1 aromatic rings. The molecule has 7 nitrogen and oxygen atoms in total. The Morgan fingerprint density at radius 1 is 1.44 bits per heavy atom. The summed E-state index contributed by atoms with van der Waals surface area (Å²) in [5.41, 5.74) is -0.308. The van der Waals surface area contributed by atoms with E-state index in [0.29, 0.717) is 11.7 Å². The van der Waals surface area contributed by atoms with E-state index in [4.69, 9.17) is 0 Å². The van der Waals surface area contributed by atoms with Gasteiger partial charge in [-0.25, -0.2) is 9.89 Å². The van der Waals surface area contributed by atoms with E-state index in [1.54, 1.807) is 13.8 Å². The van der Waals surface area contributed by atoms with E-state index >= 15 is 0 Å². The van der Waals surface area contributed by atoms with Crippen LogP contribution in [0.5, 0.6) is 0 Å². The first-order valence-corrected chi connectivity index (χ1v) is 6.52. The molecule has 0 atom stereocenters. The molecule has 18 heavy (non-hydrogen) atoms. The second-order valence-electron chi connectivity index (χ2n) is 3.36. The number of esters is 1. The Morgan fingerprint density at radius 2 is 2.17 bits per heavy atom. The number of ether oxygens (including phenoxy) is 1. The van der Waals surface area contributed by atoms with Gasteiger partial charge in [0.05, 0.1) is 12.4 Å². The van der Waals surface area contributed by atoms with E-state index in [2.05, 4.69) is 14.9 Å². The van der Waals surface area contributed by atoms with E-state index in [0.717, 1.165) is 11.8 Å². The van der Waals surface area contributed by atoms with Gasteiger partial charge in [0, 0.05) is 6.54 Å². The van der Waals surface area contributed by atoms with Gasteiger partial charge in [-0.05, 0) is 13.8 Å². The van der Waals surface area contributed by atoms with Crippen molar-refractivity contribution >= 4 is 23.5 Å². The van der Waals surface area contributed by atoms with Gasteiger partial charge in [-0.2, -0.15) is 0 Å². The molecule has 0 bridgehead atoms. The third kappa shape index (κ3) is 4.02. The van der Waals surface area contributed by atoms with E-state index in [-0.39, 0.29) is 30.3 Å². The number of nitrogens with one attached hydrogen (secondary N) is 1. The monoisotopic (exact) mass is 273 g/mol. The molecule has 0 aliphatic heterocycles. The van der Waals surface area contributed by atoms with Crippen molar-refractivity contribution in [3.63, 3.8) is 0 Å². The minimum Gasteiger partial charge on any atom is -0.466 e. The topological polar surface area (TPSA) is 94.1 Å². The quantitative estimate of drug-likeness (QED) is 0.433. The van der Waals surface area contributed by atoms with Crippen LogP contribution in [0.3, 0.4) is 0 Å². The molecule has 0 aliphatic rings. The Morgan fingerprint density at radius 3 is 2.78 bits per heavy atom. The maximum Gasteiger partial charge on any atom is 0.343 e. The van der Waals surface area contributed by atoms with Gasteiger partial charge < -0.3 is 4.74 Å². The van der Waals surface area contributed by atoms with Crippen LogP contribution in [0.4, 0.5) is 0 Å². The van der Waals surface area contributed by atoms with Crippen LogP contribution >= 0.6 is 11.8 Å². The SMILES string of the molecule is CCOC(=O)CC(=O)CSc1n[nH]c(=O)n1CC. The number of hydrogen-bond donors (Lipinski definition) is 1. The molecule has 100 valence electrons. The molecule has 0 fully saturated rings. The lowest BCUT2D eigenvalue weighted by molar-refractivity contribution is -0.145. The molecular weight excluding hydrogens is 258 g/mol. The molecule has 1 N–H and O–H groups in total. The molecule has 1 aromatic heterocycles. The first-order chi connectivity index (χ1) is 8.58. The average molecular weight is 273 g/mol. The zero-order valence-corrected chi connectivity index (χ0v) is 11.1. The zero-order valence-electron chi connectivity index (χ0n) is 10.3. The Labute approximate surface area is 108 Å². The molecule has 1 heterocycles. The molecule has 0 saturated heterocycles. The van der Waals surface area contributed by atoms with Crippen LogP contribution in [0.1, 0.15) is 20.3 Å². The number of rotatable bonds is 7. The number of carbonyl (C=O) groups excluding carboxylic acids is 2. The summed E-state index contributed by atoms with van der Waals surface area (Å²) in [6, 6.07) is 0. The number of Topliss-reactive ketones (excluding diaryl/α,β-unsaturated/α-hetero) is 1. The van der Waals surface area contributed by atoms with Crippen molar-refractivity contribution in [3.05, 3.63) is 10.5 Å². The van der Waals surface area contributed by atoms with E-state index in [1.807, 2.05) is 0 Å². The van der Waals surface area contributed by atoms with Crippen LogP contribution in [0, 0.1) is 0 Å². The summed E-state index contributed by atoms with van der Waals surface area (Å²) >= 11 is 1.12. The first kappa shape index (κ1) is 14.5. The Bertz CT molecular complexity index is 480. The maximum absolute atomic E-state index is 11.5. The first-order valence-electron chi connectivity index (χ1n) is 5.53. The lowest BCUT2D eigenvalue weighted by atomic mass is 10.3. The largest absolute Gasteiger partial charge is 0.466 e. The van der Waals surface area contributed by atoms with Crippen LogP contribution < -0.4 is 5.69 Å². The minimum atomic E-state index is -0.530. The standard InChI is InChI=1S/C10H15N3O4S/c1-3-13-9(16)11-12-10(13)18-6-7(14)5-8(15)17-4-2/h3-6H2,1-2H3,(H,11,16). The van der Waals surface area contributed by atoms with Crippen LogP contribution in [-0.4, -0.2) is 38.9 Å². The molecule has 0 aliphatic carbocycles. The van der Waals surface area contributed by atoms with Gasteiger partial charge in [-0.3, -0.25) is 14.2 Å². The van der Waals surface area contributed by atoms with Crippen LogP contribution in [0.2, 0.25) is 0 Å². The number of thioether (sulfide) groups is 1. The van der Waals surface area contributed by atoms with Gasteiger partial charge in [0.15, 0.2) is 10.9 Å². The van der Waals surface area contributed by atoms with Crippen molar-refractivity contribution in [2.24, 2.45) is 0 Å². The summed E-state index contributed by atoms with van der Waals surface area (Å²) in [6.07, 6.45) is -0.248. The molecule has 1 rings (SSSR count). The molecule has 0 radical (unpaired) electrons. The van der Waals surface area contributed by atoms with Gasteiger partial charge in [0.1, 0.15) is 6.42 Å². The predicted molar refractivity (Wildman–Crippen MR) is 65.5 cm³/mol. The van der Waals surface area contributed by atoms with E-state index < -0.39 is 5.97 Å². The molecule has 8 heteroatoms. The van der Waals surface area contributed by atoms with Gasteiger partial charge in [0.2, 0.25) is 0 Å². The number of aromatic amines is 1. The van der Waals surface area contributed by atoms with Gasteiger partial charge in [-0.1, -0.05) is 11.8 Å². The van der Waals surface area contributed by atoms with Gasteiger partial charge >= 0.3 is 11.7 Å². The predicted octanol–water partition coefficient (Wildman–Crippen LogP) is 0.206. The third-order valence-electron chi connectivity index (χ3n) is 2.05. The summed E-state index contributed by atoms with van der Waals surface area (Å²) in [7, 11) is 0. The summed E-state index contributed by atoms with van der Waals surface area (Å²) in [5.74, 6) is -0.696.